The van der Waals surface area contributed by atoms with Crippen LogP contribution in [-0.4, -0.2) is 32.3 Å². The van der Waals surface area contributed by atoms with Crippen LogP contribution in [0.3, 0.4) is 0 Å². The Hall–Kier alpha value is -2.03. The summed E-state index contributed by atoms with van der Waals surface area (Å²) in [7, 11) is 1.62. The van der Waals surface area contributed by atoms with E-state index in [1.54, 1.807) is 19.2 Å². The molecule has 2 aromatic rings. The second-order valence-corrected chi connectivity index (χ2v) is 5.78. The van der Waals surface area contributed by atoms with Crippen LogP contribution < -0.4 is 20.1 Å². The largest absolute Gasteiger partial charge is 0.493 e. The average molecular weight is 487 g/mol. The molecule has 2 N–H and O–H groups in total. The predicted molar refractivity (Wildman–Crippen MR) is 118 cm³/mol. The first-order valence-corrected chi connectivity index (χ1v) is 8.68. The molecule has 0 saturated heterocycles. The lowest BCUT2D eigenvalue weighted by Gasteiger charge is -2.19. The van der Waals surface area contributed by atoms with Gasteiger partial charge in [0.1, 0.15) is 11.9 Å². The minimum absolute atomic E-state index is 0. The number of rotatable bonds is 8. The number of benzene rings is 2. The van der Waals surface area contributed by atoms with E-state index in [0.717, 1.165) is 12.1 Å². The predicted octanol–water partition coefficient (Wildman–Crippen LogP) is 3.97. The van der Waals surface area contributed by atoms with Gasteiger partial charge in [0.25, 0.3) is 0 Å². The quantitative estimate of drug-likeness (QED) is 0.336. The van der Waals surface area contributed by atoms with Crippen molar-refractivity contribution in [2.24, 2.45) is 4.99 Å². The lowest BCUT2D eigenvalue weighted by Crippen LogP contribution is -2.41. The van der Waals surface area contributed by atoms with Gasteiger partial charge >= 0.3 is 0 Å². The van der Waals surface area contributed by atoms with Crippen molar-refractivity contribution in [2.75, 3.05) is 20.2 Å². The van der Waals surface area contributed by atoms with E-state index in [4.69, 9.17) is 9.47 Å². The number of nitrogens with zero attached hydrogens (tertiary/aromatic N) is 1. The van der Waals surface area contributed by atoms with Gasteiger partial charge in [0.05, 0.1) is 20.2 Å². The fraction of sp³-hybridized carbons (Fsp3) is 0.350. The zero-order valence-corrected chi connectivity index (χ0v) is 18.2. The van der Waals surface area contributed by atoms with Crippen LogP contribution >= 0.6 is 24.0 Å². The summed E-state index contributed by atoms with van der Waals surface area (Å²) in [6.07, 6.45) is -0.0824. The fourth-order valence-corrected chi connectivity index (χ4v) is 2.32. The van der Waals surface area contributed by atoms with Crippen molar-refractivity contribution in [1.29, 1.82) is 0 Å². The first-order chi connectivity index (χ1) is 12.6. The van der Waals surface area contributed by atoms with Crippen LogP contribution in [0.25, 0.3) is 0 Å². The second-order valence-electron chi connectivity index (χ2n) is 5.78. The number of halogens is 2. The molecule has 0 bridgehead atoms. The van der Waals surface area contributed by atoms with Gasteiger partial charge in [-0.3, -0.25) is 0 Å². The number of methoxy groups -OCH3 is 1. The van der Waals surface area contributed by atoms with Crippen LogP contribution in [0.1, 0.15) is 19.4 Å². The fourth-order valence-electron chi connectivity index (χ4n) is 2.32. The van der Waals surface area contributed by atoms with Gasteiger partial charge in [-0.2, -0.15) is 0 Å². The van der Waals surface area contributed by atoms with Crippen molar-refractivity contribution in [2.45, 2.75) is 26.5 Å². The molecule has 7 heteroatoms. The zero-order valence-electron chi connectivity index (χ0n) is 15.9. The number of ether oxygens (including phenoxy) is 2. The topological polar surface area (TPSA) is 54.9 Å². The Morgan fingerprint density at radius 1 is 1.07 bits per heavy atom. The normalized spacial score (nSPS) is 11.9. The second kappa shape index (κ2) is 12.4. The molecular weight excluding hydrogens is 460 g/mol. The van der Waals surface area contributed by atoms with E-state index in [9.17, 15) is 4.39 Å². The van der Waals surface area contributed by atoms with Gasteiger partial charge in [0.15, 0.2) is 17.5 Å². The van der Waals surface area contributed by atoms with Crippen LogP contribution in [0.4, 0.5) is 4.39 Å². The van der Waals surface area contributed by atoms with Gasteiger partial charge in [-0.15, -0.1) is 24.0 Å². The Kier molecular flexibility index (Phi) is 10.5. The molecule has 0 aromatic heterocycles. The Morgan fingerprint density at radius 2 is 1.74 bits per heavy atom. The highest BCUT2D eigenvalue weighted by molar-refractivity contribution is 14.0. The van der Waals surface area contributed by atoms with Gasteiger partial charge < -0.3 is 20.1 Å². The molecule has 0 spiro atoms. The Labute approximate surface area is 177 Å². The summed E-state index contributed by atoms with van der Waals surface area (Å²) >= 11 is 0. The summed E-state index contributed by atoms with van der Waals surface area (Å²) < 4.78 is 24.2. The molecule has 27 heavy (non-hydrogen) atoms. The SMILES string of the molecule is CCNC(=NCc1ccc(F)cc1)NCC(C)Oc1ccccc1OC.I. The van der Waals surface area contributed by atoms with Gasteiger partial charge in [0, 0.05) is 6.54 Å². The zero-order chi connectivity index (χ0) is 18.8. The van der Waals surface area contributed by atoms with E-state index in [0.29, 0.717) is 30.5 Å². The van der Waals surface area contributed by atoms with E-state index in [2.05, 4.69) is 15.6 Å². The Balaban J connectivity index is 0.00000364. The highest BCUT2D eigenvalue weighted by atomic mass is 127. The molecule has 2 rings (SSSR count). The molecular formula is C20H27FIN3O2. The maximum absolute atomic E-state index is 13.0. The average Bonchev–Trinajstić information content (AvgIpc) is 2.65. The van der Waals surface area contributed by atoms with E-state index in [1.165, 1.54) is 12.1 Å². The van der Waals surface area contributed by atoms with Gasteiger partial charge in [-0.05, 0) is 43.7 Å². The number of nitrogens with one attached hydrogen (secondary N) is 2. The highest BCUT2D eigenvalue weighted by Crippen LogP contribution is 2.26. The molecule has 0 saturated carbocycles. The third-order valence-corrected chi connectivity index (χ3v) is 3.63. The van der Waals surface area contributed by atoms with Gasteiger partial charge in [-0.1, -0.05) is 24.3 Å². The molecule has 5 nitrogen and oxygen atoms in total. The van der Waals surface area contributed by atoms with Crippen molar-refractivity contribution in [3.05, 3.63) is 59.9 Å². The molecule has 0 fully saturated rings. The molecule has 0 amide bonds. The molecule has 1 unspecified atom stereocenters. The van der Waals surface area contributed by atoms with Crippen LogP contribution in [0, 0.1) is 5.82 Å². The number of hydrogen-bond donors (Lipinski definition) is 2. The molecule has 1 atom stereocenters. The van der Waals surface area contributed by atoms with Crippen molar-refractivity contribution >= 4 is 29.9 Å². The molecule has 0 aliphatic rings. The summed E-state index contributed by atoms with van der Waals surface area (Å²) in [5.41, 5.74) is 0.946. The summed E-state index contributed by atoms with van der Waals surface area (Å²) in [4.78, 5) is 4.52. The van der Waals surface area contributed by atoms with Crippen molar-refractivity contribution in [3.8, 4) is 11.5 Å². The van der Waals surface area contributed by atoms with Crippen molar-refractivity contribution in [3.63, 3.8) is 0 Å². The number of guanidine groups is 1. The van der Waals surface area contributed by atoms with Gasteiger partial charge in [-0.25, -0.2) is 9.38 Å². The van der Waals surface area contributed by atoms with Crippen LogP contribution in [0.5, 0.6) is 11.5 Å². The molecule has 148 valence electrons. The van der Waals surface area contributed by atoms with Crippen molar-refractivity contribution < 1.29 is 13.9 Å². The minimum Gasteiger partial charge on any atom is -0.493 e. The molecule has 0 heterocycles. The van der Waals surface area contributed by atoms with E-state index < -0.39 is 0 Å². The van der Waals surface area contributed by atoms with E-state index in [-0.39, 0.29) is 35.9 Å². The first kappa shape index (κ1) is 23.0. The third kappa shape index (κ3) is 8.03. The summed E-state index contributed by atoms with van der Waals surface area (Å²) in [6.45, 7) is 5.77. The van der Waals surface area contributed by atoms with E-state index >= 15 is 0 Å². The summed E-state index contributed by atoms with van der Waals surface area (Å²) in [5.74, 6) is 1.85. The summed E-state index contributed by atoms with van der Waals surface area (Å²) in [6, 6.07) is 13.9. The standard InChI is InChI=1S/C20H26FN3O2.HI/c1-4-22-20(24-14-16-9-11-17(21)12-10-16)23-13-15(2)26-19-8-6-5-7-18(19)25-3;/h5-12,15H,4,13-14H2,1-3H3,(H2,22,23,24);1H. The third-order valence-electron chi connectivity index (χ3n) is 3.63. The molecule has 2 aromatic carbocycles. The van der Waals surface area contributed by atoms with E-state index in [1.807, 2.05) is 38.1 Å². The maximum Gasteiger partial charge on any atom is 0.191 e. The Bertz CT molecular complexity index is 711. The first-order valence-electron chi connectivity index (χ1n) is 8.68. The molecule has 0 radical (unpaired) electrons. The van der Waals surface area contributed by atoms with Crippen LogP contribution in [-0.2, 0) is 6.54 Å². The Morgan fingerprint density at radius 3 is 2.37 bits per heavy atom. The highest BCUT2D eigenvalue weighted by Gasteiger charge is 2.09. The number of para-hydroxylation sites is 2. The smallest absolute Gasteiger partial charge is 0.191 e. The number of hydrogen-bond acceptors (Lipinski definition) is 3. The lowest BCUT2D eigenvalue weighted by molar-refractivity contribution is 0.213. The van der Waals surface area contributed by atoms with Crippen molar-refractivity contribution in [1.82, 2.24) is 10.6 Å². The molecule has 0 aliphatic carbocycles. The lowest BCUT2D eigenvalue weighted by atomic mass is 10.2. The number of aliphatic imine (C=N–C) groups is 1. The van der Waals surface area contributed by atoms with Crippen LogP contribution in [0.2, 0.25) is 0 Å². The van der Waals surface area contributed by atoms with Crippen LogP contribution in [0.15, 0.2) is 53.5 Å². The minimum atomic E-state index is -0.245. The van der Waals surface area contributed by atoms with Gasteiger partial charge in [0.2, 0.25) is 0 Å². The maximum atomic E-state index is 13.0. The summed E-state index contributed by atoms with van der Waals surface area (Å²) in [5, 5.41) is 6.45. The monoisotopic (exact) mass is 487 g/mol. The molecule has 0 aliphatic heterocycles.